The Morgan fingerprint density at radius 1 is 1.44 bits per heavy atom. The van der Waals surface area contributed by atoms with Crippen LogP contribution in [0, 0.1) is 5.92 Å². The first-order chi connectivity index (χ1) is 8.63. The standard InChI is InChI=1S/C14H14ClNO2/c1-8(9-2-3-9)16-14(17)13-7-10-6-11(15)4-5-12(10)18-13/h4-9H,2-3H2,1H3,(H,16,17). The second kappa shape index (κ2) is 4.32. The number of hydrogen-bond acceptors (Lipinski definition) is 2. The zero-order valence-corrected chi connectivity index (χ0v) is 10.8. The van der Waals surface area contributed by atoms with Gasteiger partial charge in [0.25, 0.3) is 5.91 Å². The summed E-state index contributed by atoms with van der Waals surface area (Å²) >= 11 is 5.90. The summed E-state index contributed by atoms with van der Waals surface area (Å²) in [5.41, 5.74) is 0.684. The largest absolute Gasteiger partial charge is 0.451 e. The van der Waals surface area contributed by atoms with Crippen molar-refractivity contribution < 1.29 is 9.21 Å². The van der Waals surface area contributed by atoms with E-state index < -0.39 is 0 Å². The van der Waals surface area contributed by atoms with Gasteiger partial charge in [0.2, 0.25) is 0 Å². The molecule has 1 saturated carbocycles. The molecule has 1 aromatic heterocycles. The van der Waals surface area contributed by atoms with Crippen molar-refractivity contribution >= 4 is 28.5 Å². The lowest BCUT2D eigenvalue weighted by Gasteiger charge is -2.10. The molecule has 3 nitrogen and oxygen atoms in total. The monoisotopic (exact) mass is 263 g/mol. The van der Waals surface area contributed by atoms with E-state index >= 15 is 0 Å². The van der Waals surface area contributed by atoms with Crippen LogP contribution in [-0.2, 0) is 0 Å². The number of fused-ring (bicyclic) bond motifs is 1. The summed E-state index contributed by atoms with van der Waals surface area (Å²) in [4.78, 5) is 12.0. The van der Waals surface area contributed by atoms with Crippen LogP contribution in [0.15, 0.2) is 28.7 Å². The summed E-state index contributed by atoms with van der Waals surface area (Å²) in [7, 11) is 0. The summed E-state index contributed by atoms with van der Waals surface area (Å²) in [5.74, 6) is 0.828. The molecule has 0 bridgehead atoms. The Hall–Kier alpha value is -1.48. The third-order valence-corrected chi connectivity index (χ3v) is 3.63. The van der Waals surface area contributed by atoms with Gasteiger partial charge < -0.3 is 9.73 Å². The number of nitrogens with one attached hydrogen (secondary N) is 1. The molecule has 1 heterocycles. The van der Waals surface area contributed by atoms with Gasteiger partial charge in [0.15, 0.2) is 5.76 Å². The fraction of sp³-hybridized carbons (Fsp3) is 0.357. The van der Waals surface area contributed by atoms with Crippen LogP contribution >= 0.6 is 11.6 Å². The number of halogens is 1. The molecular weight excluding hydrogens is 250 g/mol. The fourth-order valence-corrected chi connectivity index (χ4v) is 2.30. The number of carbonyl (C=O) groups excluding carboxylic acids is 1. The van der Waals surface area contributed by atoms with Crippen molar-refractivity contribution in [2.45, 2.75) is 25.8 Å². The average Bonchev–Trinajstić information content (AvgIpc) is 3.09. The molecule has 1 aliphatic carbocycles. The molecule has 3 rings (SSSR count). The fourth-order valence-electron chi connectivity index (χ4n) is 2.12. The van der Waals surface area contributed by atoms with Crippen LogP contribution in [0.3, 0.4) is 0 Å². The number of benzene rings is 1. The highest BCUT2D eigenvalue weighted by Gasteiger charge is 2.29. The Bertz CT molecular complexity index is 601. The predicted molar refractivity (Wildman–Crippen MR) is 70.9 cm³/mol. The summed E-state index contributed by atoms with van der Waals surface area (Å²) in [6.45, 7) is 2.04. The first-order valence-corrected chi connectivity index (χ1v) is 6.51. The van der Waals surface area contributed by atoms with Crippen LogP contribution in [0.4, 0.5) is 0 Å². The van der Waals surface area contributed by atoms with Crippen molar-refractivity contribution in [2.24, 2.45) is 5.92 Å². The minimum Gasteiger partial charge on any atom is -0.451 e. The van der Waals surface area contributed by atoms with Crippen molar-refractivity contribution in [2.75, 3.05) is 0 Å². The third-order valence-electron chi connectivity index (χ3n) is 3.39. The van der Waals surface area contributed by atoms with Crippen LogP contribution < -0.4 is 5.32 Å². The van der Waals surface area contributed by atoms with Gasteiger partial charge in [0.05, 0.1) is 0 Å². The van der Waals surface area contributed by atoms with Gasteiger partial charge in [0, 0.05) is 16.5 Å². The van der Waals surface area contributed by atoms with Gasteiger partial charge in [-0.25, -0.2) is 0 Å². The molecule has 4 heteroatoms. The molecule has 1 aliphatic rings. The quantitative estimate of drug-likeness (QED) is 0.919. The topological polar surface area (TPSA) is 42.2 Å². The predicted octanol–water partition coefficient (Wildman–Crippen LogP) is 3.61. The zero-order valence-electron chi connectivity index (χ0n) is 10.1. The molecule has 0 aliphatic heterocycles. The van der Waals surface area contributed by atoms with E-state index in [2.05, 4.69) is 5.32 Å². The second-order valence-corrected chi connectivity index (χ2v) is 5.33. The molecule has 94 valence electrons. The summed E-state index contributed by atoms with van der Waals surface area (Å²) in [5, 5.41) is 4.46. The number of amides is 1. The maximum Gasteiger partial charge on any atom is 0.287 e. The van der Waals surface area contributed by atoms with E-state index in [1.807, 2.05) is 6.92 Å². The lowest BCUT2D eigenvalue weighted by Crippen LogP contribution is -2.33. The molecule has 18 heavy (non-hydrogen) atoms. The molecule has 1 N–H and O–H groups in total. The summed E-state index contributed by atoms with van der Waals surface area (Å²) in [6.07, 6.45) is 2.41. The van der Waals surface area contributed by atoms with Gasteiger partial charge in [-0.1, -0.05) is 11.6 Å². The maximum absolute atomic E-state index is 12.0. The molecule has 0 radical (unpaired) electrons. The number of rotatable bonds is 3. The van der Waals surface area contributed by atoms with Crippen LogP contribution in [0.5, 0.6) is 0 Å². The van der Waals surface area contributed by atoms with Gasteiger partial charge in [-0.05, 0) is 49.9 Å². The Kier molecular flexibility index (Phi) is 2.78. The summed E-state index contributed by atoms with van der Waals surface area (Å²) < 4.78 is 5.52. The van der Waals surface area contributed by atoms with Gasteiger partial charge in [-0.2, -0.15) is 0 Å². The van der Waals surface area contributed by atoms with Gasteiger partial charge in [0.1, 0.15) is 5.58 Å². The Morgan fingerprint density at radius 2 is 2.22 bits per heavy atom. The highest BCUT2D eigenvalue weighted by atomic mass is 35.5. The zero-order chi connectivity index (χ0) is 12.7. The van der Waals surface area contributed by atoms with Crippen LogP contribution in [0.25, 0.3) is 11.0 Å². The SMILES string of the molecule is CC(NC(=O)c1cc2cc(Cl)ccc2o1)C1CC1. The first-order valence-electron chi connectivity index (χ1n) is 6.13. The number of furan rings is 1. The number of carbonyl (C=O) groups is 1. The van der Waals surface area contributed by atoms with E-state index in [1.54, 1.807) is 24.3 Å². The van der Waals surface area contributed by atoms with E-state index in [1.165, 1.54) is 12.8 Å². The van der Waals surface area contributed by atoms with Crippen LogP contribution in [0.1, 0.15) is 30.3 Å². The molecule has 1 amide bonds. The van der Waals surface area contributed by atoms with Crippen molar-refractivity contribution in [3.63, 3.8) is 0 Å². The molecular formula is C14H14ClNO2. The van der Waals surface area contributed by atoms with Gasteiger partial charge in [-0.3, -0.25) is 4.79 Å². The average molecular weight is 264 g/mol. The van der Waals surface area contributed by atoms with Crippen molar-refractivity contribution in [1.82, 2.24) is 5.32 Å². The first kappa shape index (κ1) is 11.6. The maximum atomic E-state index is 12.0. The van der Waals surface area contributed by atoms with Crippen molar-refractivity contribution in [3.8, 4) is 0 Å². The Balaban J connectivity index is 1.82. The minimum absolute atomic E-state index is 0.151. The molecule has 1 atom stereocenters. The van der Waals surface area contributed by atoms with Gasteiger partial charge in [-0.15, -0.1) is 0 Å². The van der Waals surface area contributed by atoms with Crippen LogP contribution in [-0.4, -0.2) is 11.9 Å². The lowest BCUT2D eigenvalue weighted by atomic mass is 10.2. The lowest BCUT2D eigenvalue weighted by molar-refractivity contribution is 0.0910. The van der Waals surface area contributed by atoms with E-state index in [0.29, 0.717) is 22.3 Å². The normalized spacial score (nSPS) is 16.8. The van der Waals surface area contributed by atoms with E-state index in [9.17, 15) is 4.79 Å². The Labute approximate surface area is 110 Å². The smallest absolute Gasteiger partial charge is 0.287 e. The molecule has 2 aromatic rings. The molecule has 0 saturated heterocycles. The van der Waals surface area contributed by atoms with Crippen molar-refractivity contribution in [1.29, 1.82) is 0 Å². The van der Waals surface area contributed by atoms with Crippen LogP contribution in [0.2, 0.25) is 5.02 Å². The van der Waals surface area contributed by atoms with E-state index in [-0.39, 0.29) is 11.9 Å². The second-order valence-electron chi connectivity index (χ2n) is 4.89. The summed E-state index contributed by atoms with van der Waals surface area (Å²) in [6, 6.07) is 7.27. The van der Waals surface area contributed by atoms with Gasteiger partial charge >= 0.3 is 0 Å². The number of hydrogen-bond donors (Lipinski definition) is 1. The Morgan fingerprint density at radius 3 is 2.94 bits per heavy atom. The molecule has 1 unspecified atom stereocenters. The molecule has 0 spiro atoms. The third kappa shape index (κ3) is 2.23. The van der Waals surface area contributed by atoms with E-state index in [4.69, 9.17) is 16.0 Å². The minimum atomic E-state index is -0.151. The highest BCUT2D eigenvalue weighted by Crippen LogP contribution is 2.32. The molecule has 1 aromatic carbocycles. The van der Waals surface area contributed by atoms with E-state index in [0.717, 1.165) is 5.39 Å². The van der Waals surface area contributed by atoms with Crippen molar-refractivity contribution in [3.05, 3.63) is 35.0 Å². The molecule has 1 fully saturated rings. The highest BCUT2D eigenvalue weighted by molar-refractivity contribution is 6.31.